The Kier molecular flexibility index (Phi) is 6.82. The van der Waals surface area contributed by atoms with Crippen LogP contribution in [0.1, 0.15) is 25.5 Å². The minimum Gasteiger partial charge on any atom is -0.354 e. The van der Waals surface area contributed by atoms with Gasteiger partial charge in [0.25, 0.3) is 0 Å². The number of rotatable bonds is 8. The third-order valence-corrected chi connectivity index (χ3v) is 5.79. The number of aliphatic imine (C=N–C) groups is 1. The van der Waals surface area contributed by atoms with E-state index in [1.807, 2.05) is 13.1 Å². The summed E-state index contributed by atoms with van der Waals surface area (Å²) < 4.78 is 25.2. The Morgan fingerprint density at radius 3 is 2.74 bits per heavy atom. The zero-order chi connectivity index (χ0) is 24.3. The van der Waals surface area contributed by atoms with Crippen LogP contribution in [-0.4, -0.2) is 76.1 Å². The zero-order valence-electron chi connectivity index (χ0n) is 19.6. The second kappa shape index (κ2) is 10.2. The molecule has 2 aliphatic rings. The van der Waals surface area contributed by atoms with Crippen LogP contribution < -0.4 is 11.1 Å². The van der Waals surface area contributed by atoms with Crippen LogP contribution in [-0.2, 0) is 9.47 Å². The average Bonchev–Trinajstić information content (AvgIpc) is 3.53. The number of H-pyrrole nitrogens is 1. The summed E-state index contributed by atoms with van der Waals surface area (Å²) in [7, 11) is 0. The SMILES string of the molecule is CC1(N)COC(c2nc(-c3ccc(F)cc3)c(-c3ccnc(NCCCN4CC=NC4)n3)[nH]2)OC1. The predicted octanol–water partition coefficient (Wildman–Crippen LogP) is 2.58. The lowest BCUT2D eigenvalue weighted by Gasteiger charge is -2.33. The van der Waals surface area contributed by atoms with Crippen LogP contribution in [0.2, 0.25) is 0 Å². The van der Waals surface area contributed by atoms with Gasteiger partial charge in [0.1, 0.15) is 5.82 Å². The van der Waals surface area contributed by atoms with Gasteiger partial charge in [0, 0.05) is 37.6 Å². The zero-order valence-corrected chi connectivity index (χ0v) is 19.6. The van der Waals surface area contributed by atoms with E-state index < -0.39 is 11.8 Å². The molecule has 5 rings (SSSR count). The maximum Gasteiger partial charge on any atom is 0.223 e. The van der Waals surface area contributed by atoms with Crippen molar-refractivity contribution in [1.82, 2.24) is 24.8 Å². The van der Waals surface area contributed by atoms with E-state index in [2.05, 4.69) is 25.2 Å². The molecule has 0 radical (unpaired) electrons. The second-order valence-corrected chi connectivity index (χ2v) is 9.09. The van der Waals surface area contributed by atoms with Gasteiger partial charge >= 0.3 is 0 Å². The predicted molar refractivity (Wildman–Crippen MR) is 130 cm³/mol. The van der Waals surface area contributed by atoms with Crippen LogP contribution in [0, 0.1) is 5.82 Å². The van der Waals surface area contributed by atoms with Crippen LogP contribution in [0.5, 0.6) is 0 Å². The topological polar surface area (TPSA) is 127 Å². The molecule has 10 nitrogen and oxygen atoms in total. The Bertz CT molecular complexity index is 1160. The Morgan fingerprint density at radius 1 is 1.20 bits per heavy atom. The highest BCUT2D eigenvalue weighted by atomic mass is 19.1. The Balaban J connectivity index is 1.37. The lowest BCUT2D eigenvalue weighted by atomic mass is 10.1. The number of nitrogens with two attached hydrogens (primary N) is 1. The van der Waals surface area contributed by atoms with E-state index in [-0.39, 0.29) is 5.82 Å². The number of imidazole rings is 1. The summed E-state index contributed by atoms with van der Waals surface area (Å²) in [6.07, 6.45) is 3.90. The summed E-state index contributed by atoms with van der Waals surface area (Å²) in [6.45, 7) is 5.90. The molecule has 4 N–H and O–H groups in total. The van der Waals surface area contributed by atoms with Crippen molar-refractivity contribution in [2.45, 2.75) is 25.2 Å². The van der Waals surface area contributed by atoms with E-state index >= 15 is 0 Å². The maximum atomic E-state index is 13.6. The van der Waals surface area contributed by atoms with Gasteiger partial charge in [-0.1, -0.05) is 0 Å². The van der Waals surface area contributed by atoms with Gasteiger partial charge in [-0.05, 0) is 43.7 Å². The van der Waals surface area contributed by atoms with Crippen molar-refractivity contribution in [2.24, 2.45) is 10.7 Å². The van der Waals surface area contributed by atoms with Gasteiger partial charge in [-0.3, -0.25) is 9.89 Å². The number of ether oxygens (including phenoxy) is 2. The van der Waals surface area contributed by atoms with Gasteiger partial charge in [0.15, 0.2) is 5.82 Å². The number of anilines is 1. The highest BCUT2D eigenvalue weighted by Crippen LogP contribution is 2.33. The first-order valence-corrected chi connectivity index (χ1v) is 11.6. The van der Waals surface area contributed by atoms with E-state index in [9.17, 15) is 4.39 Å². The number of hydrogen-bond donors (Lipinski definition) is 3. The molecular weight excluding hydrogens is 451 g/mol. The number of hydrogen-bond acceptors (Lipinski definition) is 9. The minimum absolute atomic E-state index is 0.318. The van der Waals surface area contributed by atoms with Crippen molar-refractivity contribution in [3.63, 3.8) is 0 Å². The molecule has 0 amide bonds. The monoisotopic (exact) mass is 480 g/mol. The summed E-state index contributed by atoms with van der Waals surface area (Å²) in [4.78, 5) is 23.6. The largest absolute Gasteiger partial charge is 0.354 e. The molecule has 2 aromatic heterocycles. The fourth-order valence-electron chi connectivity index (χ4n) is 3.94. The molecule has 0 atom stereocenters. The molecule has 1 aromatic carbocycles. The maximum absolute atomic E-state index is 13.6. The van der Waals surface area contributed by atoms with Crippen LogP contribution >= 0.6 is 0 Å². The molecule has 0 saturated carbocycles. The number of nitrogens with one attached hydrogen (secondary N) is 2. The molecular formula is C24H29FN8O2. The molecule has 2 aliphatic heterocycles. The summed E-state index contributed by atoms with van der Waals surface area (Å²) in [6, 6.07) is 7.97. The lowest BCUT2D eigenvalue weighted by molar-refractivity contribution is -0.211. The van der Waals surface area contributed by atoms with Gasteiger partial charge in [0.05, 0.1) is 42.5 Å². The van der Waals surface area contributed by atoms with Crippen molar-refractivity contribution in [1.29, 1.82) is 0 Å². The molecule has 184 valence electrons. The van der Waals surface area contributed by atoms with Crippen molar-refractivity contribution < 1.29 is 13.9 Å². The van der Waals surface area contributed by atoms with Gasteiger partial charge in [-0.2, -0.15) is 0 Å². The molecule has 3 aromatic rings. The van der Waals surface area contributed by atoms with Gasteiger partial charge < -0.3 is 25.5 Å². The summed E-state index contributed by atoms with van der Waals surface area (Å²) in [5.41, 5.74) is 8.22. The van der Waals surface area contributed by atoms with E-state index in [1.54, 1.807) is 24.4 Å². The summed E-state index contributed by atoms with van der Waals surface area (Å²) in [5.74, 6) is 0.697. The normalized spacial score (nSPS) is 22.5. The Labute approximate surface area is 202 Å². The van der Waals surface area contributed by atoms with E-state index in [0.29, 0.717) is 42.1 Å². The van der Waals surface area contributed by atoms with Crippen LogP contribution in [0.25, 0.3) is 22.6 Å². The lowest BCUT2D eigenvalue weighted by Crippen LogP contribution is -2.50. The molecule has 0 bridgehead atoms. The third kappa shape index (κ3) is 5.70. The van der Waals surface area contributed by atoms with Crippen molar-refractivity contribution in [2.75, 3.05) is 44.8 Å². The minimum atomic E-state index is -0.687. The van der Waals surface area contributed by atoms with E-state index in [0.717, 1.165) is 38.3 Å². The third-order valence-electron chi connectivity index (χ3n) is 5.79. The summed E-state index contributed by atoms with van der Waals surface area (Å²) in [5, 5.41) is 3.29. The molecule has 0 unspecified atom stereocenters. The number of halogens is 1. The molecule has 0 spiro atoms. The van der Waals surface area contributed by atoms with E-state index in [1.165, 1.54) is 12.1 Å². The molecule has 11 heteroatoms. The number of aromatic nitrogens is 4. The number of aromatic amines is 1. The standard InChI is InChI=1S/C24H29FN8O2/c1-24(26)13-34-22(35-14-24)21-31-19(16-3-5-17(25)6-4-16)20(32-21)18-7-9-29-23(30-18)28-8-2-11-33-12-10-27-15-33/h3-7,9-10,22H,2,8,11-15,26H2,1H3,(H,31,32)(H,28,29,30). The Morgan fingerprint density at radius 2 is 2.00 bits per heavy atom. The van der Waals surface area contributed by atoms with Gasteiger partial charge in [-0.25, -0.2) is 19.3 Å². The highest BCUT2D eigenvalue weighted by Gasteiger charge is 2.32. The fourth-order valence-corrected chi connectivity index (χ4v) is 3.94. The average molecular weight is 481 g/mol. The van der Waals surface area contributed by atoms with Gasteiger partial charge in [0.2, 0.25) is 12.2 Å². The molecule has 0 aliphatic carbocycles. The number of benzene rings is 1. The first-order valence-electron chi connectivity index (χ1n) is 11.6. The van der Waals surface area contributed by atoms with Crippen LogP contribution in [0.3, 0.4) is 0 Å². The second-order valence-electron chi connectivity index (χ2n) is 9.09. The molecule has 4 heterocycles. The van der Waals surface area contributed by atoms with Crippen molar-refractivity contribution >= 4 is 12.2 Å². The smallest absolute Gasteiger partial charge is 0.223 e. The van der Waals surface area contributed by atoms with Gasteiger partial charge in [-0.15, -0.1) is 0 Å². The van der Waals surface area contributed by atoms with E-state index in [4.69, 9.17) is 25.2 Å². The van der Waals surface area contributed by atoms with Crippen LogP contribution in [0.4, 0.5) is 10.3 Å². The number of nitrogens with zero attached hydrogens (tertiary/aromatic N) is 5. The Hall–Kier alpha value is -3.25. The first kappa shape index (κ1) is 23.5. The fraction of sp³-hybridized carbons (Fsp3) is 0.417. The summed E-state index contributed by atoms with van der Waals surface area (Å²) >= 11 is 0. The quantitative estimate of drug-likeness (QED) is 0.420. The van der Waals surface area contributed by atoms with Crippen LogP contribution in [0.15, 0.2) is 41.5 Å². The first-order chi connectivity index (χ1) is 17.0. The van der Waals surface area contributed by atoms with Crippen molar-refractivity contribution in [3.8, 4) is 22.6 Å². The molecule has 1 fully saturated rings. The van der Waals surface area contributed by atoms with Crippen molar-refractivity contribution in [3.05, 3.63) is 48.2 Å². The molecule has 35 heavy (non-hydrogen) atoms. The molecule has 1 saturated heterocycles. The highest BCUT2D eigenvalue weighted by molar-refractivity contribution is 5.77.